The maximum absolute atomic E-state index is 15.7. The van der Waals surface area contributed by atoms with Crippen LogP contribution in [0.2, 0.25) is 0 Å². The van der Waals surface area contributed by atoms with E-state index in [0.29, 0.717) is 31.9 Å². The Morgan fingerprint density at radius 3 is 2.22 bits per heavy atom. The van der Waals surface area contributed by atoms with E-state index < -0.39 is 41.3 Å². The fourth-order valence-corrected chi connectivity index (χ4v) is 5.10. The number of hydrogen-bond donors (Lipinski definition) is 1. The average molecular weight is 506 g/mol. The van der Waals surface area contributed by atoms with E-state index in [4.69, 9.17) is 4.74 Å². The lowest BCUT2D eigenvalue weighted by Crippen LogP contribution is -2.46. The molecule has 196 valence electrons. The minimum Gasteiger partial charge on any atom is -0.379 e. The highest BCUT2D eigenvalue weighted by Gasteiger charge is 2.53. The van der Waals surface area contributed by atoms with E-state index in [0.717, 1.165) is 29.1 Å². The van der Waals surface area contributed by atoms with Gasteiger partial charge in [-0.25, -0.2) is 18.1 Å². The maximum Gasteiger partial charge on any atom is 0.268 e. The fourth-order valence-electron chi connectivity index (χ4n) is 5.10. The van der Waals surface area contributed by atoms with Gasteiger partial charge in [-0.05, 0) is 42.5 Å². The first-order valence-corrected chi connectivity index (χ1v) is 12.6. The number of nitrogens with zero attached hydrogens (tertiary/aromatic N) is 2. The second-order valence-electron chi connectivity index (χ2n) is 10.2. The molecule has 0 aromatic heterocycles. The van der Waals surface area contributed by atoms with Crippen molar-refractivity contribution in [2.45, 2.75) is 58.2 Å². The number of halogens is 3. The molecule has 0 saturated carbocycles. The molecular weight excluding hydrogens is 471 g/mol. The molecular formula is C27H34F3N3O3. The number of anilines is 1. The molecule has 1 unspecified atom stereocenters. The first-order valence-electron chi connectivity index (χ1n) is 12.6. The lowest BCUT2D eigenvalue weighted by Gasteiger charge is -2.30. The molecule has 3 aliphatic rings. The van der Waals surface area contributed by atoms with Crippen LogP contribution in [0.1, 0.15) is 63.5 Å². The monoisotopic (exact) mass is 505 g/mol. The standard InChI is InChI=1S/C27H34F3N3O3/c1-16(2)18-7-5-8-19(17(3)4)23(18)33-25(34)20-15-27(30,24(29)22(28)21(20)26(33)35)31-9-6-10-32-11-13-36-14-12-32/h5,7-8,16-17,31H,6,9-15H2,1-4H3. The Balaban J connectivity index is 1.58. The maximum atomic E-state index is 15.7. The Morgan fingerprint density at radius 2 is 1.64 bits per heavy atom. The van der Waals surface area contributed by atoms with E-state index in [-0.39, 0.29) is 24.0 Å². The number of imide groups is 1. The van der Waals surface area contributed by atoms with Crippen LogP contribution in [0.4, 0.5) is 18.9 Å². The van der Waals surface area contributed by atoms with Gasteiger partial charge < -0.3 is 4.74 Å². The number of nitrogens with one attached hydrogen (secondary N) is 1. The third kappa shape index (κ3) is 4.76. The van der Waals surface area contributed by atoms with Gasteiger partial charge in [0, 0.05) is 25.1 Å². The normalized spacial score (nSPS) is 23.5. The van der Waals surface area contributed by atoms with Crippen molar-refractivity contribution < 1.29 is 27.5 Å². The van der Waals surface area contributed by atoms with E-state index in [1.807, 2.05) is 45.9 Å². The van der Waals surface area contributed by atoms with Crippen LogP contribution in [-0.2, 0) is 14.3 Å². The van der Waals surface area contributed by atoms with E-state index in [1.165, 1.54) is 0 Å². The fraction of sp³-hybridized carbons (Fsp3) is 0.556. The average Bonchev–Trinajstić information content (AvgIpc) is 3.09. The van der Waals surface area contributed by atoms with Crippen LogP contribution in [0.25, 0.3) is 0 Å². The summed E-state index contributed by atoms with van der Waals surface area (Å²) in [6.07, 6.45) is -0.244. The molecule has 6 nitrogen and oxygen atoms in total. The van der Waals surface area contributed by atoms with Gasteiger partial charge in [0.25, 0.3) is 11.8 Å². The topological polar surface area (TPSA) is 61.9 Å². The second-order valence-corrected chi connectivity index (χ2v) is 10.2. The van der Waals surface area contributed by atoms with Crippen molar-refractivity contribution in [2.24, 2.45) is 0 Å². The van der Waals surface area contributed by atoms with Gasteiger partial charge in [0.1, 0.15) is 0 Å². The van der Waals surface area contributed by atoms with E-state index in [1.54, 1.807) is 0 Å². The van der Waals surface area contributed by atoms with Crippen molar-refractivity contribution in [2.75, 3.05) is 44.3 Å². The highest BCUT2D eigenvalue weighted by atomic mass is 19.2. The summed E-state index contributed by atoms with van der Waals surface area (Å²) in [4.78, 5) is 29.9. The van der Waals surface area contributed by atoms with Gasteiger partial charge in [0.05, 0.1) is 24.5 Å². The number of carbonyl (C=O) groups excluding carboxylic acids is 2. The summed E-state index contributed by atoms with van der Waals surface area (Å²) in [6.45, 7) is 11.2. The molecule has 1 aromatic carbocycles. The number of hydrogen-bond acceptors (Lipinski definition) is 5. The smallest absolute Gasteiger partial charge is 0.268 e. The number of rotatable bonds is 8. The summed E-state index contributed by atoms with van der Waals surface area (Å²) in [7, 11) is 0. The Labute approximate surface area is 210 Å². The van der Waals surface area contributed by atoms with Crippen molar-refractivity contribution in [3.05, 3.63) is 52.1 Å². The van der Waals surface area contributed by atoms with E-state index in [2.05, 4.69) is 10.2 Å². The number of amides is 2. The SMILES string of the molecule is CC(C)c1cccc(C(C)C)c1N1C(=O)C2=C(C1=O)C(F)=C(F)C(F)(NCCCN1CCOCC1)C2. The number of benzene rings is 1. The molecule has 2 aliphatic heterocycles. The van der Waals surface area contributed by atoms with Crippen LogP contribution in [0.5, 0.6) is 0 Å². The molecule has 0 radical (unpaired) electrons. The van der Waals surface area contributed by atoms with Gasteiger partial charge in [0.2, 0.25) is 5.79 Å². The largest absolute Gasteiger partial charge is 0.379 e. The molecule has 9 heteroatoms. The van der Waals surface area contributed by atoms with Crippen LogP contribution in [0.15, 0.2) is 41.0 Å². The van der Waals surface area contributed by atoms with Crippen LogP contribution in [0.3, 0.4) is 0 Å². The molecule has 1 aliphatic carbocycles. The summed E-state index contributed by atoms with van der Waals surface area (Å²) in [5.41, 5.74) is 0.841. The minimum absolute atomic E-state index is 0.0394. The van der Waals surface area contributed by atoms with E-state index in [9.17, 15) is 9.59 Å². The number of ether oxygens (including phenoxy) is 1. The molecule has 1 atom stereocenters. The number of carbonyl (C=O) groups is 2. The quantitative estimate of drug-likeness (QED) is 0.317. The summed E-state index contributed by atoms with van der Waals surface area (Å²) in [5.74, 6) is -8.01. The van der Waals surface area contributed by atoms with Gasteiger partial charge in [0.15, 0.2) is 11.7 Å². The summed E-state index contributed by atoms with van der Waals surface area (Å²) >= 11 is 0. The molecule has 1 N–H and O–H groups in total. The lowest BCUT2D eigenvalue weighted by molar-refractivity contribution is -0.120. The molecule has 1 fully saturated rings. The summed E-state index contributed by atoms with van der Waals surface area (Å²) in [6, 6.07) is 5.47. The van der Waals surface area contributed by atoms with Crippen LogP contribution < -0.4 is 10.2 Å². The molecule has 0 bridgehead atoms. The highest BCUT2D eigenvalue weighted by Crippen LogP contribution is 2.47. The number of morpholine rings is 1. The Kier molecular flexibility index (Phi) is 7.73. The van der Waals surface area contributed by atoms with Crippen molar-refractivity contribution >= 4 is 17.5 Å². The van der Waals surface area contributed by atoms with Crippen LogP contribution >= 0.6 is 0 Å². The predicted molar refractivity (Wildman–Crippen MR) is 132 cm³/mol. The van der Waals surface area contributed by atoms with Crippen molar-refractivity contribution in [1.82, 2.24) is 10.2 Å². The van der Waals surface area contributed by atoms with Gasteiger partial charge in [-0.15, -0.1) is 0 Å². The molecule has 1 saturated heterocycles. The Morgan fingerprint density at radius 1 is 1.03 bits per heavy atom. The zero-order chi connectivity index (χ0) is 26.2. The number of para-hydroxylation sites is 1. The van der Waals surface area contributed by atoms with E-state index >= 15 is 13.2 Å². The Hall–Kier alpha value is -2.49. The first-order chi connectivity index (χ1) is 17.1. The van der Waals surface area contributed by atoms with Gasteiger partial charge in [-0.3, -0.25) is 19.8 Å². The number of alkyl halides is 1. The van der Waals surface area contributed by atoms with Crippen LogP contribution in [-0.4, -0.2) is 61.9 Å². The molecule has 2 amide bonds. The van der Waals surface area contributed by atoms with Crippen molar-refractivity contribution in [1.29, 1.82) is 0 Å². The third-order valence-electron chi connectivity index (χ3n) is 7.09. The molecule has 2 heterocycles. The molecule has 0 spiro atoms. The summed E-state index contributed by atoms with van der Waals surface area (Å²) in [5, 5.41) is 2.47. The molecule has 4 rings (SSSR count). The molecule has 1 aromatic rings. The van der Waals surface area contributed by atoms with Crippen LogP contribution in [0, 0.1) is 0 Å². The first kappa shape index (κ1) is 26.6. The van der Waals surface area contributed by atoms with Crippen molar-refractivity contribution in [3.63, 3.8) is 0 Å². The predicted octanol–water partition coefficient (Wildman–Crippen LogP) is 4.64. The second kappa shape index (κ2) is 10.5. The lowest BCUT2D eigenvalue weighted by atomic mass is 9.91. The molecule has 36 heavy (non-hydrogen) atoms. The zero-order valence-corrected chi connectivity index (χ0v) is 21.3. The highest BCUT2D eigenvalue weighted by molar-refractivity contribution is 6.35. The van der Waals surface area contributed by atoms with Gasteiger partial charge in [-0.1, -0.05) is 45.9 Å². The third-order valence-corrected chi connectivity index (χ3v) is 7.09. The minimum atomic E-state index is -2.89. The van der Waals surface area contributed by atoms with Gasteiger partial charge in [-0.2, -0.15) is 0 Å². The zero-order valence-electron chi connectivity index (χ0n) is 21.3. The van der Waals surface area contributed by atoms with Gasteiger partial charge >= 0.3 is 0 Å². The summed E-state index contributed by atoms with van der Waals surface area (Å²) < 4.78 is 51.2. The Bertz CT molecular complexity index is 1080. The van der Waals surface area contributed by atoms with Crippen molar-refractivity contribution in [3.8, 4) is 0 Å².